The van der Waals surface area contributed by atoms with E-state index in [-0.39, 0.29) is 35.9 Å². The zero-order valence-corrected chi connectivity index (χ0v) is 22.2. The summed E-state index contributed by atoms with van der Waals surface area (Å²) >= 11 is 6.02. The van der Waals surface area contributed by atoms with E-state index in [9.17, 15) is 14.0 Å². The topological polar surface area (TPSA) is 79.3 Å². The maximum Gasteiger partial charge on any atom is 0.307 e. The molecule has 2 N–H and O–H groups in total. The number of nitrogens with one attached hydrogen (secondary N) is 1. The van der Waals surface area contributed by atoms with Gasteiger partial charge in [-0.3, -0.25) is 14.6 Å². The molecule has 39 heavy (non-hydrogen) atoms. The highest BCUT2D eigenvalue weighted by Gasteiger charge is 2.33. The van der Waals surface area contributed by atoms with E-state index in [1.165, 1.54) is 6.07 Å². The smallest absolute Gasteiger partial charge is 0.307 e. The fourth-order valence-corrected chi connectivity index (χ4v) is 5.92. The number of halogens is 2. The van der Waals surface area contributed by atoms with Gasteiger partial charge in [-0.15, -0.1) is 0 Å². The Morgan fingerprint density at radius 1 is 0.949 bits per heavy atom. The summed E-state index contributed by atoms with van der Waals surface area (Å²) in [4.78, 5) is 29.1. The lowest BCUT2D eigenvalue weighted by atomic mass is 9.71. The van der Waals surface area contributed by atoms with Crippen molar-refractivity contribution in [2.24, 2.45) is 11.8 Å². The largest absolute Gasteiger partial charge is 0.481 e. The lowest BCUT2D eigenvalue weighted by Crippen LogP contribution is -2.33. The molecule has 1 aliphatic rings. The summed E-state index contributed by atoms with van der Waals surface area (Å²) in [6, 6.07) is 21.3. The number of pyridine rings is 1. The van der Waals surface area contributed by atoms with Crippen LogP contribution in [0, 0.1) is 17.7 Å². The van der Waals surface area contributed by atoms with E-state index < -0.39 is 5.97 Å². The molecule has 1 aromatic heterocycles. The third-order valence-corrected chi connectivity index (χ3v) is 8.05. The molecule has 1 amide bonds. The quantitative estimate of drug-likeness (QED) is 0.242. The molecule has 4 aromatic rings. The molecule has 0 radical (unpaired) electrons. The first-order chi connectivity index (χ1) is 18.9. The summed E-state index contributed by atoms with van der Waals surface area (Å²) in [6.45, 7) is 0. The van der Waals surface area contributed by atoms with Crippen molar-refractivity contribution >= 4 is 40.1 Å². The van der Waals surface area contributed by atoms with Gasteiger partial charge in [0.1, 0.15) is 5.82 Å². The van der Waals surface area contributed by atoms with Gasteiger partial charge in [-0.1, -0.05) is 35.9 Å². The van der Waals surface area contributed by atoms with Crippen LogP contribution in [0.2, 0.25) is 5.02 Å². The third kappa shape index (κ3) is 6.63. The van der Waals surface area contributed by atoms with E-state index in [1.807, 2.05) is 30.3 Å². The second-order valence-corrected chi connectivity index (χ2v) is 10.8. The number of amides is 1. The number of carboxylic acids is 1. The van der Waals surface area contributed by atoms with Gasteiger partial charge in [0.2, 0.25) is 5.91 Å². The zero-order valence-electron chi connectivity index (χ0n) is 21.4. The van der Waals surface area contributed by atoms with Crippen LogP contribution in [0.4, 0.5) is 10.1 Å². The number of carbonyl (C=O) groups excluding carboxylic acids is 1. The van der Waals surface area contributed by atoms with Crippen molar-refractivity contribution in [3.63, 3.8) is 0 Å². The van der Waals surface area contributed by atoms with Crippen molar-refractivity contribution in [3.8, 4) is 0 Å². The first-order valence-electron chi connectivity index (χ1n) is 13.3. The van der Waals surface area contributed by atoms with Crippen molar-refractivity contribution < 1.29 is 19.1 Å². The number of carbonyl (C=O) groups is 2. The van der Waals surface area contributed by atoms with Gasteiger partial charge in [0, 0.05) is 28.2 Å². The highest BCUT2D eigenvalue weighted by molar-refractivity contribution is 6.30. The molecule has 1 unspecified atom stereocenters. The normalized spacial score (nSPS) is 18.0. The highest BCUT2D eigenvalue weighted by atomic mass is 35.5. The molecule has 0 aliphatic heterocycles. The van der Waals surface area contributed by atoms with E-state index >= 15 is 0 Å². The van der Waals surface area contributed by atoms with Crippen LogP contribution in [0.1, 0.15) is 48.3 Å². The maximum atomic E-state index is 14.0. The summed E-state index contributed by atoms with van der Waals surface area (Å²) in [5.74, 6) is -0.963. The van der Waals surface area contributed by atoms with Crippen molar-refractivity contribution in [2.75, 3.05) is 5.32 Å². The molecule has 1 fully saturated rings. The molecular formula is C32H30ClFN2O3. The Balaban J connectivity index is 1.34. The molecule has 1 heterocycles. The highest BCUT2D eigenvalue weighted by Crippen LogP contribution is 2.42. The van der Waals surface area contributed by atoms with Crippen LogP contribution in [0.5, 0.6) is 0 Å². The molecule has 0 bridgehead atoms. The van der Waals surface area contributed by atoms with Gasteiger partial charge in [0.25, 0.3) is 0 Å². The molecule has 1 saturated carbocycles. The minimum absolute atomic E-state index is 0.0294. The molecule has 5 nitrogen and oxygen atoms in total. The molecule has 3 aromatic carbocycles. The monoisotopic (exact) mass is 544 g/mol. The van der Waals surface area contributed by atoms with Gasteiger partial charge in [-0.05, 0) is 109 Å². The average Bonchev–Trinajstić information content (AvgIpc) is 2.93. The van der Waals surface area contributed by atoms with Gasteiger partial charge >= 0.3 is 5.97 Å². The van der Waals surface area contributed by atoms with Crippen molar-refractivity contribution in [3.05, 3.63) is 107 Å². The summed E-state index contributed by atoms with van der Waals surface area (Å²) < 4.78 is 14.0. The molecular weight excluding hydrogens is 515 g/mol. The maximum absolute atomic E-state index is 14.0. The third-order valence-electron chi connectivity index (χ3n) is 7.80. The van der Waals surface area contributed by atoms with E-state index in [4.69, 9.17) is 16.7 Å². The minimum Gasteiger partial charge on any atom is -0.481 e. The first kappa shape index (κ1) is 26.8. The molecule has 1 aliphatic carbocycles. The number of aromatic nitrogens is 1. The number of carboxylic acid groups (broad SMARTS) is 1. The summed E-state index contributed by atoms with van der Waals surface area (Å²) in [7, 11) is 0. The van der Waals surface area contributed by atoms with Crippen molar-refractivity contribution in [1.82, 2.24) is 4.98 Å². The standard InChI is InChI=1S/C32H30ClFN2O3/c33-24-9-12-26(13-10-24)36-32(39)28(17-20-1-3-21(4-2-20)18-31(37)38)23-7-5-22(6-8-23)27-15-16-35-30-14-11-25(34)19-29(27)30/h1-4,9-16,19,22-23,28H,5-8,17-18H2,(H,36,39)(H,37,38)/t22-,23+,28?. The fraction of sp³-hybridized carbons (Fsp3) is 0.281. The second-order valence-electron chi connectivity index (χ2n) is 10.4. The van der Waals surface area contributed by atoms with E-state index in [1.54, 1.807) is 42.6 Å². The summed E-state index contributed by atoms with van der Waals surface area (Å²) in [6.07, 6.45) is 5.88. The van der Waals surface area contributed by atoms with Crippen LogP contribution in [-0.4, -0.2) is 22.0 Å². The Labute approximate surface area is 232 Å². The van der Waals surface area contributed by atoms with Crippen LogP contribution in [-0.2, 0) is 22.4 Å². The van der Waals surface area contributed by atoms with E-state index in [0.29, 0.717) is 17.1 Å². The Morgan fingerprint density at radius 2 is 1.64 bits per heavy atom. The molecule has 0 saturated heterocycles. The lowest BCUT2D eigenvalue weighted by Gasteiger charge is -2.34. The number of anilines is 1. The number of fused-ring (bicyclic) bond motifs is 1. The van der Waals surface area contributed by atoms with E-state index in [2.05, 4.69) is 10.3 Å². The number of aliphatic carboxylic acids is 1. The van der Waals surface area contributed by atoms with Crippen LogP contribution in [0.3, 0.4) is 0 Å². The Bertz CT molecular complexity index is 1470. The molecule has 7 heteroatoms. The van der Waals surface area contributed by atoms with Crippen LogP contribution < -0.4 is 5.32 Å². The average molecular weight is 545 g/mol. The minimum atomic E-state index is -0.871. The van der Waals surface area contributed by atoms with Crippen molar-refractivity contribution in [1.29, 1.82) is 0 Å². The Kier molecular flexibility index (Phi) is 8.22. The van der Waals surface area contributed by atoms with Crippen LogP contribution in [0.25, 0.3) is 10.9 Å². The SMILES string of the molecule is O=C(O)Cc1ccc(CC(C(=O)Nc2ccc(Cl)cc2)[C@H]2CC[C@@H](c3ccnc4ccc(F)cc43)CC2)cc1. The van der Waals surface area contributed by atoms with Gasteiger partial charge in [-0.25, -0.2) is 4.39 Å². The van der Waals surface area contributed by atoms with Gasteiger partial charge < -0.3 is 10.4 Å². The van der Waals surface area contributed by atoms with Crippen molar-refractivity contribution in [2.45, 2.75) is 44.4 Å². The number of nitrogens with zero attached hydrogens (tertiary/aromatic N) is 1. The first-order valence-corrected chi connectivity index (χ1v) is 13.6. The summed E-state index contributed by atoms with van der Waals surface area (Å²) in [5, 5.41) is 13.6. The van der Waals surface area contributed by atoms with Crippen LogP contribution >= 0.6 is 11.6 Å². The number of hydrogen-bond donors (Lipinski definition) is 2. The Hall–Kier alpha value is -3.77. The predicted molar refractivity (Wildman–Crippen MR) is 151 cm³/mol. The number of rotatable bonds is 8. The van der Waals surface area contributed by atoms with Gasteiger partial charge in [0.15, 0.2) is 0 Å². The predicted octanol–water partition coefficient (Wildman–Crippen LogP) is 7.43. The summed E-state index contributed by atoms with van der Waals surface area (Å²) in [5.41, 5.74) is 4.34. The number of hydrogen-bond acceptors (Lipinski definition) is 3. The van der Waals surface area contributed by atoms with Gasteiger partial charge in [-0.2, -0.15) is 0 Å². The molecule has 0 spiro atoms. The molecule has 200 valence electrons. The molecule has 1 atom stereocenters. The lowest BCUT2D eigenvalue weighted by molar-refractivity contribution is -0.136. The van der Waals surface area contributed by atoms with Crippen LogP contribution in [0.15, 0.2) is 79.0 Å². The molecule has 5 rings (SSSR count). The Morgan fingerprint density at radius 3 is 2.33 bits per heavy atom. The second kappa shape index (κ2) is 12.0. The fourth-order valence-electron chi connectivity index (χ4n) is 5.79. The van der Waals surface area contributed by atoms with Gasteiger partial charge in [0.05, 0.1) is 11.9 Å². The van der Waals surface area contributed by atoms with E-state index in [0.717, 1.165) is 53.3 Å². The zero-order chi connectivity index (χ0) is 27.4. The number of benzene rings is 3.